The minimum absolute atomic E-state index is 0.0220. The molecule has 1 fully saturated rings. The number of nitrogens with zero attached hydrogens (tertiary/aromatic N) is 5. The van der Waals surface area contributed by atoms with Crippen molar-refractivity contribution in [2.24, 2.45) is 7.05 Å². The molecule has 1 saturated heterocycles. The maximum Gasteiger partial charge on any atom is 0.264 e. The summed E-state index contributed by atoms with van der Waals surface area (Å²) in [4.78, 5) is 30.3. The molecule has 3 aromatic rings. The molecule has 0 spiro atoms. The van der Waals surface area contributed by atoms with Crippen molar-refractivity contribution in [3.05, 3.63) is 64.5 Å². The van der Waals surface area contributed by atoms with Crippen LogP contribution in [0.2, 0.25) is 0 Å². The van der Waals surface area contributed by atoms with Crippen LogP contribution in [0.3, 0.4) is 0 Å². The molecule has 0 bridgehead atoms. The first-order chi connectivity index (χ1) is 19.7. The molecule has 0 saturated carbocycles. The fourth-order valence-corrected chi connectivity index (χ4v) is 6.61. The zero-order valence-corrected chi connectivity index (χ0v) is 23.4. The molecule has 6 rings (SSSR count). The topological polar surface area (TPSA) is 61.7 Å². The minimum atomic E-state index is -2.66. The summed E-state index contributed by atoms with van der Waals surface area (Å²) in [6.07, 6.45) is 3.35. The molecule has 1 atom stereocenters. The first-order valence-electron chi connectivity index (χ1n) is 14.2. The number of benzene rings is 2. The van der Waals surface area contributed by atoms with Gasteiger partial charge in [0.15, 0.2) is 0 Å². The maximum atomic E-state index is 14.5. The number of fused-ring (bicyclic) bond motifs is 2. The standard InChI is InChI=1S/C31H34F3N5O2/c1-19(40)38-17-23-10-22(21-5-6-30(41)37(16-21)9-7-32)12-29(27(23)18-38)39-8-3-4-20-11-25(24-14-35-36(2)15-24)26(31(33)34)13-28(20)39/h10-15,21,31H,3-9,16-18H2,1-2H3. The number of aromatic nitrogens is 2. The summed E-state index contributed by atoms with van der Waals surface area (Å²) < 4.78 is 43.7. The molecule has 7 nitrogen and oxygen atoms in total. The van der Waals surface area contributed by atoms with E-state index < -0.39 is 13.1 Å². The minimum Gasteiger partial charge on any atom is -0.341 e. The molecule has 41 heavy (non-hydrogen) atoms. The van der Waals surface area contributed by atoms with Gasteiger partial charge in [0.1, 0.15) is 6.67 Å². The van der Waals surface area contributed by atoms with Gasteiger partial charge in [-0.05, 0) is 59.7 Å². The molecule has 10 heteroatoms. The van der Waals surface area contributed by atoms with Crippen LogP contribution in [0.5, 0.6) is 0 Å². The molecule has 2 amide bonds. The molecule has 216 valence electrons. The molecule has 1 aromatic heterocycles. The average Bonchev–Trinajstić information content (AvgIpc) is 3.59. The molecule has 0 N–H and O–H groups in total. The normalized spacial score (nSPS) is 18.7. The Morgan fingerprint density at radius 2 is 1.93 bits per heavy atom. The summed E-state index contributed by atoms with van der Waals surface area (Å²) in [5.41, 5.74) is 6.90. The predicted octanol–water partition coefficient (Wildman–Crippen LogP) is 5.65. The van der Waals surface area contributed by atoms with Gasteiger partial charge in [-0.1, -0.05) is 6.07 Å². The number of rotatable bonds is 6. The number of carbonyl (C=O) groups is 2. The summed E-state index contributed by atoms with van der Waals surface area (Å²) in [5.74, 6) is -0.0216. The van der Waals surface area contributed by atoms with Gasteiger partial charge < -0.3 is 14.7 Å². The van der Waals surface area contributed by atoms with E-state index in [-0.39, 0.29) is 29.8 Å². The summed E-state index contributed by atoms with van der Waals surface area (Å²) in [7, 11) is 1.77. The van der Waals surface area contributed by atoms with E-state index in [0.717, 1.165) is 46.5 Å². The second-order valence-electron chi connectivity index (χ2n) is 11.3. The molecule has 3 aliphatic heterocycles. The van der Waals surface area contributed by atoms with E-state index in [1.807, 2.05) is 6.07 Å². The van der Waals surface area contributed by atoms with Gasteiger partial charge in [0.25, 0.3) is 6.43 Å². The van der Waals surface area contributed by atoms with Crippen molar-refractivity contribution < 1.29 is 22.8 Å². The van der Waals surface area contributed by atoms with Gasteiger partial charge in [-0.15, -0.1) is 0 Å². The average molecular weight is 566 g/mol. The Labute approximate surface area is 237 Å². The molecule has 2 aromatic carbocycles. The quantitative estimate of drug-likeness (QED) is 0.388. The van der Waals surface area contributed by atoms with Crippen molar-refractivity contribution in [3.8, 4) is 11.1 Å². The van der Waals surface area contributed by atoms with Gasteiger partial charge >= 0.3 is 0 Å². The number of amides is 2. The van der Waals surface area contributed by atoms with E-state index in [1.165, 1.54) is 0 Å². The largest absolute Gasteiger partial charge is 0.341 e. The number of carbonyl (C=O) groups excluding carboxylic acids is 2. The second kappa shape index (κ2) is 10.9. The SMILES string of the molecule is CC(=O)N1Cc2cc(C3CCC(=O)N(CCF)C3)cc(N3CCCc4cc(-c5cnn(C)c5)c(C(F)F)cc43)c2C1. The smallest absolute Gasteiger partial charge is 0.264 e. The van der Waals surface area contributed by atoms with Gasteiger partial charge in [-0.25, -0.2) is 13.2 Å². The van der Waals surface area contributed by atoms with Crippen LogP contribution in [-0.4, -0.2) is 57.7 Å². The van der Waals surface area contributed by atoms with E-state index >= 15 is 0 Å². The van der Waals surface area contributed by atoms with Crippen molar-refractivity contribution in [2.75, 3.05) is 31.2 Å². The molecule has 0 radical (unpaired) electrons. The van der Waals surface area contributed by atoms with Crippen LogP contribution in [0.1, 0.15) is 66.3 Å². The lowest BCUT2D eigenvalue weighted by Gasteiger charge is -2.36. The Kier molecular flexibility index (Phi) is 7.25. The highest BCUT2D eigenvalue weighted by Gasteiger charge is 2.33. The van der Waals surface area contributed by atoms with Crippen LogP contribution in [-0.2, 0) is 36.1 Å². The van der Waals surface area contributed by atoms with Gasteiger partial charge in [-0.2, -0.15) is 5.10 Å². The number of anilines is 2. The first-order valence-corrected chi connectivity index (χ1v) is 14.2. The van der Waals surface area contributed by atoms with Crippen molar-refractivity contribution in [3.63, 3.8) is 0 Å². The number of likely N-dealkylation sites (tertiary alicyclic amines) is 1. The summed E-state index contributed by atoms with van der Waals surface area (Å²) in [6.45, 7) is 3.10. The summed E-state index contributed by atoms with van der Waals surface area (Å²) in [6, 6.07) is 7.74. The fraction of sp³-hybridized carbons (Fsp3) is 0.452. The zero-order chi connectivity index (χ0) is 28.8. The van der Waals surface area contributed by atoms with Gasteiger partial charge in [0.05, 0.1) is 6.20 Å². The predicted molar refractivity (Wildman–Crippen MR) is 150 cm³/mol. The summed E-state index contributed by atoms with van der Waals surface area (Å²) in [5, 5.41) is 4.19. The highest BCUT2D eigenvalue weighted by atomic mass is 19.3. The van der Waals surface area contributed by atoms with E-state index in [9.17, 15) is 22.8 Å². The van der Waals surface area contributed by atoms with Crippen LogP contribution in [0, 0.1) is 0 Å². The number of alkyl halides is 3. The first kappa shape index (κ1) is 27.4. The summed E-state index contributed by atoms with van der Waals surface area (Å²) >= 11 is 0. The van der Waals surface area contributed by atoms with Crippen LogP contribution in [0.4, 0.5) is 24.5 Å². The Morgan fingerprint density at radius 3 is 2.63 bits per heavy atom. The molecule has 4 heterocycles. The number of piperidine rings is 1. The molecular weight excluding hydrogens is 531 g/mol. The number of hydrogen-bond donors (Lipinski definition) is 0. The Hall–Kier alpha value is -3.82. The van der Waals surface area contributed by atoms with E-state index in [2.05, 4.69) is 22.1 Å². The van der Waals surface area contributed by atoms with Crippen molar-refractivity contribution in [1.29, 1.82) is 0 Å². The lowest BCUT2D eigenvalue weighted by Crippen LogP contribution is -2.40. The van der Waals surface area contributed by atoms with Gasteiger partial charge in [0, 0.05) is 93.3 Å². The Balaban J connectivity index is 1.45. The van der Waals surface area contributed by atoms with Crippen molar-refractivity contribution in [2.45, 2.75) is 58.0 Å². The highest BCUT2D eigenvalue weighted by Crippen LogP contribution is 2.45. The fourth-order valence-electron chi connectivity index (χ4n) is 6.61. The third-order valence-corrected chi connectivity index (χ3v) is 8.73. The lowest BCUT2D eigenvalue weighted by atomic mass is 9.87. The van der Waals surface area contributed by atoms with E-state index in [1.54, 1.807) is 46.9 Å². The van der Waals surface area contributed by atoms with Gasteiger partial charge in [-0.3, -0.25) is 14.3 Å². The van der Waals surface area contributed by atoms with Gasteiger partial charge in [0.2, 0.25) is 11.8 Å². The number of halogens is 3. The van der Waals surface area contributed by atoms with E-state index in [4.69, 9.17) is 0 Å². The molecular formula is C31H34F3N5O2. The maximum absolute atomic E-state index is 14.5. The number of aryl methyl sites for hydroxylation is 2. The molecule has 3 aliphatic rings. The Bertz CT molecular complexity index is 1500. The van der Waals surface area contributed by atoms with E-state index in [0.29, 0.717) is 50.1 Å². The molecule has 1 unspecified atom stereocenters. The second-order valence-corrected chi connectivity index (χ2v) is 11.3. The Morgan fingerprint density at radius 1 is 1.10 bits per heavy atom. The van der Waals surface area contributed by atoms with Crippen LogP contribution < -0.4 is 4.90 Å². The lowest BCUT2D eigenvalue weighted by molar-refractivity contribution is -0.134. The van der Waals surface area contributed by atoms with Crippen molar-refractivity contribution in [1.82, 2.24) is 19.6 Å². The van der Waals surface area contributed by atoms with Crippen LogP contribution in [0.25, 0.3) is 11.1 Å². The van der Waals surface area contributed by atoms with Crippen LogP contribution in [0.15, 0.2) is 36.7 Å². The highest BCUT2D eigenvalue weighted by molar-refractivity contribution is 5.81. The zero-order valence-electron chi connectivity index (χ0n) is 23.4. The van der Waals surface area contributed by atoms with Crippen molar-refractivity contribution >= 4 is 23.2 Å². The monoisotopic (exact) mass is 565 g/mol. The number of hydrogen-bond acceptors (Lipinski definition) is 4. The third-order valence-electron chi connectivity index (χ3n) is 8.73. The third kappa shape index (κ3) is 5.08. The molecule has 0 aliphatic carbocycles. The van der Waals surface area contributed by atoms with Crippen LogP contribution >= 0.6 is 0 Å².